The van der Waals surface area contributed by atoms with Crippen LogP contribution < -0.4 is 5.32 Å². The van der Waals surface area contributed by atoms with E-state index in [1.165, 1.54) is 141 Å². The van der Waals surface area contributed by atoms with Gasteiger partial charge in [-0.25, -0.2) is 0 Å². The molecule has 1 aliphatic rings. The predicted molar refractivity (Wildman–Crippen MR) is 188 cm³/mol. The lowest BCUT2D eigenvalue weighted by atomic mass is 9.60. The second kappa shape index (κ2) is 25.3. The molecular formula is C40H77NO2. The maximum atomic E-state index is 14.0. The summed E-state index contributed by atoms with van der Waals surface area (Å²) < 4.78 is 0. The van der Waals surface area contributed by atoms with Gasteiger partial charge in [-0.3, -0.25) is 14.9 Å². The summed E-state index contributed by atoms with van der Waals surface area (Å²) in [4.78, 5) is 27.0. The molecule has 0 aromatic carbocycles. The monoisotopic (exact) mass is 604 g/mol. The third-order valence-electron chi connectivity index (χ3n) is 10.6. The van der Waals surface area contributed by atoms with E-state index < -0.39 is 5.41 Å². The lowest BCUT2D eigenvalue weighted by molar-refractivity contribution is -0.135. The quantitative estimate of drug-likeness (QED) is 0.0655. The maximum Gasteiger partial charge on any atom is 0.233 e. The van der Waals surface area contributed by atoms with Crippen molar-refractivity contribution >= 4 is 11.8 Å². The van der Waals surface area contributed by atoms with Gasteiger partial charge in [0.1, 0.15) is 0 Å². The van der Waals surface area contributed by atoms with E-state index in [2.05, 4.69) is 46.9 Å². The molecule has 3 nitrogen and oxygen atoms in total. The van der Waals surface area contributed by atoms with E-state index in [0.717, 1.165) is 37.5 Å². The number of hydrogen-bond donors (Lipinski definition) is 1. The van der Waals surface area contributed by atoms with Crippen LogP contribution in [0, 0.1) is 29.1 Å². The van der Waals surface area contributed by atoms with Crippen molar-refractivity contribution in [1.29, 1.82) is 0 Å². The fraction of sp³-hybridized carbons (Fsp3) is 0.950. The van der Waals surface area contributed by atoms with E-state index in [1.54, 1.807) is 0 Å². The average Bonchev–Trinajstić information content (AvgIpc) is 3.27. The summed E-state index contributed by atoms with van der Waals surface area (Å²) in [6.45, 7) is 13.9. The van der Waals surface area contributed by atoms with Gasteiger partial charge in [0.2, 0.25) is 11.8 Å². The molecule has 1 N–H and O–H groups in total. The van der Waals surface area contributed by atoms with Gasteiger partial charge >= 0.3 is 0 Å². The Bertz CT molecular complexity index is 644. The summed E-state index contributed by atoms with van der Waals surface area (Å²) in [5, 5.41) is 2.87. The van der Waals surface area contributed by atoms with Gasteiger partial charge in [0, 0.05) is 6.42 Å². The first-order valence-electron chi connectivity index (χ1n) is 19.6. The molecule has 254 valence electrons. The van der Waals surface area contributed by atoms with Gasteiger partial charge in [-0.2, -0.15) is 0 Å². The average molecular weight is 604 g/mol. The summed E-state index contributed by atoms with van der Waals surface area (Å²) in [5.41, 5.74) is -0.475. The number of amides is 2. The molecule has 0 bridgehead atoms. The number of rotatable bonds is 30. The normalized spacial score (nSPS) is 18.6. The number of unbranched alkanes of at least 4 members (excludes halogenated alkanes) is 16. The van der Waals surface area contributed by atoms with Crippen molar-refractivity contribution in [2.75, 3.05) is 0 Å². The van der Waals surface area contributed by atoms with E-state index in [4.69, 9.17) is 0 Å². The minimum absolute atomic E-state index is 0.00116. The van der Waals surface area contributed by atoms with Gasteiger partial charge in [0.05, 0.1) is 5.41 Å². The Morgan fingerprint density at radius 2 is 0.791 bits per heavy atom. The second-order valence-electron chi connectivity index (χ2n) is 15.4. The van der Waals surface area contributed by atoms with Crippen molar-refractivity contribution in [2.24, 2.45) is 29.1 Å². The minimum Gasteiger partial charge on any atom is -0.296 e. The highest BCUT2D eigenvalue weighted by Crippen LogP contribution is 2.51. The Hall–Kier alpha value is -0.860. The summed E-state index contributed by atoms with van der Waals surface area (Å²) in [7, 11) is 0. The topological polar surface area (TPSA) is 46.2 Å². The van der Waals surface area contributed by atoms with Gasteiger partial charge in [-0.15, -0.1) is 0 Å². The van der Waals surface area contributed by atoms with Crippen LogP contribution in [0.1, 0.15) is 215 Å². The van der Waals surface area contributed by atoms with E-state index in [-0.39, 0.29) is 11.8 Å². The highest BCUT2D eigenvalue weighted by molar-refractivity contribution is 6.06. The van der Waals surface area contributed by atoms with E-state index >= 15 is 0 Å². The van der Waals surface area contributed by atoms with Gasteiger partial charge in [-0.05, 0) is 49.4 Å². The molecule has 2 amide bonds. The van der Waals surface area contributed by atoms with Crippen molar-refractivity contribution in [2.45, 2.75) is 215 Å². The Balaban J connectivity index is 3.07. The SMILES string of the molecule is CCCCCCCCCC(CCCCCC(C)C)C1(C(CCCCCCCCC)CCCCCC(C)C)CC(=O)NC1=O. The molecule has 43 heavy (non-hydrogen) atoms. The molecule has 1 rings (SSSR count). The van der Waals surface area contributed by atoms with Crippen LogP contribution in [0.2, 0.25) is 0 Å². The van der Waals surface area contributed by atoms with Crippen LogP contribution in [0.4, 0.5) is 0 Å². The molecule has 1 heterocycles. The number of nitrogens with one attached hydrogen (secondary N) is 1. The van der Waals surface area contributed by atoms with Crippen LogP contribution in [0.5, 0.6) is 0 Å². The van der Waals surface area contributed by atoms with E-state index in [0.29, 0.717) is 18.3 Å². The van der Waals surface area contributed by atoms with Gasteiger partial charge in [0.15, 0.2) is 0 Å². The summed E-state index contributed by atoms with van der Waals surface area (Å²) in [5.74, 6) is 2.31. The molecule has 0 aromatic rings. The van der Waals surface area contributed by atoms with Crippen molar-refractivity contribution in [1.82, 2.24) is 5.32 Å². The largest absolute Gasteiger partial charge is 0.296 e. The van der Waals surface area contributed by atoms with Crippen LogP contribution in [-0.2, 0) is 9.59 Å². The van der Waals surface area contributed by atoms with Crippen molar-refractivity contribution < 1.29 is 9.59 Å². The zero-order chi connectivity index (χ0) is 31.8. The van der Waals surface area contributed by atoms with Gasteiger partial charge < -0.3 is 0 Å². The van der Waals surface area contributed by atoms with Crippen molar-refractivity contribution in [3.05, 3.63) is 0 Å². The van der Waals surface area contributed by atoms with Crippen LogP contribution in [0.25, 0.3) is 0 Å². The summed E-state index contributed by atoms with van der Waals surface area (Å²) in [6, 6.07) is 0. The molecule has 0 saturated carbocycles. The number of hydrogen-bond acceptors (Lipinski definition) is 2. The fourth-order valence-electron chi connectivity index (χ4n) is 7.88. The standard InChI is InChI=1S/C40H77NO2/c1-7-9-11-13-15-17-23-29-36(31-25-19-21-27-34(3)4)40(33-38(42)41-39(40)43)37(32-26-20-22-28-35(5)6)30-24-18-16-14-12-10-8-2/h34-37H,7-33H2,1-6H3,(H,41,42,43). The Morgan fingerprint density at radius 1 is 0.488 bits per heavy atom. The van der Waals surface area contributed by atoms with Crippen molar-refractivity contribution in [3.63, 3.8) is 0 Å². The van der Waals surface area contributed by atoms with Gasteiger partial charge in [0.25, 0.3) is 0 Å². The zero-order valence-electron chi connectivity index (χ0n) is 30.2. The van der Waals surface area contributed by atoms with Gasteiger partial charge in [-0.1, -0.05) is 183 Å². The van der Waals surface area contributed by atoms with Crippen LogP contribution in [-0.4, -0.2) is 11.8 Å². The second-order valence-corrected chi connectivity index (χ2v) is 15.4. The molecule has 0 aromatic heterocycles. The van der Waals surface area contributed by atoms with E-state index in [1.807, 2.05) is 0 Å². The maximum absolute atomic E-state index is 14.0. The number of carbonyl (C=O) groups excluding carboxylic acids is 2. The molecule has 1 aliphatic heterocycles. The minimum atomic E-state index is -0.475. The Labute approximate surface area is 270 Å². The third kappa shape index (κ3) is 17.4. The summed E-state index contributed by atoms with van der Waals surface area (Å²) >= 11 is 0. The highest BCUT2D eigenvalue weighted by atomic mass is 16.2. The number of carbonyl (C=O) groups is 2. The summed E-state index contributed by atoms with van der Waals surface area (Å²) in [6.07, 6.45) is 33.3. The van der Waals surface area contributed by atoms with E-state index in [9.17, 15) is 9.59 Å². The van der Waals surface area contributed by atoms with Crippen molar-refractivity contribution in [3.8, 4) is 0 Å². The smallest absolute Gasteiger partial charge is 0.233 e. The Morgan fingerprint density at radius 3 is 1.09 bits per heavy atom. The molecular weight excluding hydrogens is 526 g/mol. The molecule has 2 atom stereocenters. The first kappa shape index (κ1) is 40.2. The van der Waals surface area contributed by atoms with Crippen LogP contribution in [0.3, 0.4) is 0 Å². The lowest BCUT2D eigenvalue weighted by Crippen LogP contribution is -2.44. The molecule has 3 heteroatoms. The van der Waals surface area contributed by atoms with Crippen LogP contribution >= 0.6 is 0 Å². The first-order chi connectivity index (χ1) is 20.8. The zero-order valence-corrected chi connectivity index (χ0v) is 30.2. The molecule has 0 aliphatic carbocycles. The Kier molecular flexibility index (Phi) is 23.7. The molecule has 0 radical (unpaired) electrons. The molecule has 1 fully saturated rings. The molecule has 1 saturated heterocycles. The third-order valence-corrected chi connectivity index (χ3v) is 10.6. The predicted octanol–water partition coefficient (Wildman–Crippen LogP) is 12.7. The molecule has 2 unspecified atom stereocenters. The number of imide groups is 1. The lowest BCUT2D eigenvalue weighted by Gasteiger charge is -2.42. The fourth-order valence-corrected chi connectivity index (χ4v) is 7.88. The highest BCUT2D eigenvalue weighted by Gasteiger charge is 2.55. The molecule has 0 spiro atoms. The first-order valence-corrected chi connectivity index (χ1v) is 19.6. The van der Waals surface area contributed by atoms with Crippen LogP contribution in [0.15, 0.2) is 0 Å².